The maximum Gasteiger partial charge on any atom is 0.251 e. The summed E-state index contributed by atoms with van der Waals surface area (Å²) < 4.78 is 40.8. The first kappa shape index (κ1) is 17.8. The number of amidine groups is 1. The maximum atomic E-state index is 14.3. The van der Waals surface area contributed by atoms with Gasteiger partial charge in [-0.25, -0.2) is 18.2 Å². The molecule has 4 rings (SSSR count). The molecular formula is C19H14F3N5O. The van der Waals surface area contributed by atoms with Gasteiger partial charge in [0.2, 0.25) is 0 Å². The van der Waals surface area contributed by atoms with Crippen LogP contribution in [-0.4, -0.2) is 35.2 Å². The molecule has 2 heterocycles. The Kier molecular flexibility index (Phi) is 4.56. The van der Waals surface area contributed by atoms with Crippen LogP contribution in [0.25, 0.3) is 11.3 Å². The lowest BCUT2D eigenvalue weighted by molar-refractivity contribution is 0.0951. The fraction of sp³-hybridized carbons (Fsp3) is 0.105. The predicted octanol–water partition coefficient (Wildman–Crippen LogP) is 3.56. The van der Waals surface area contributed by atoms with E-state index in [1.54, 1.807) is 12.1 Å². The fourth-order valence-electron chi connectivity index (χ4n) is 2.94. The van der Waals surface area contributed by atoms with E-state index in [0.717, 1.165) is 12.1 Å². The number of fused-ring (bicyclic) bond motifs is 3. The molecule has 6 nitrogen and oxygen atoms in total. The van der Waals surface area contributed by atoms with Crippen LogP contribution in [0.1, 0.15) is 15.9 Å². The van der Waals surface area contributed by atoms with Crippen molar-refractivity contribution in [3.8, 4) is 11.3 Å². The Morgan fingerprint density at radius 2 is 1.93 bits per heavy atom. The topological polar surface area (TPSA) is 82.2 Å². The van der Waals surface area contributed by atoms with E-state index in [1.807, 2.05) is 0 Å². The van der Waals surface area contributed by atoms with Crippen LogP contribution in [0.3, 0.4) is 0 Å². The molecule has 0 radical (unpaired) electrons. The molecule has 9 heteroatoms. The molecule has 142 valence electrons. The van der Waals surface area contributed by atoms with E-state index in [1.165, 1.54) is 18.3 Å². The molecule has 0 spiro atoms. The van der Waals surface area contributed by atoms with Gasteiger partial charge in [-0.1, -0.05) is 6.07 Å². The molecule has 0 atom stereocenters. The number of anilines is 1. The Morgan fingerprint density at radius 3 is 2.68 bits per heavy atom. The predicted molar refractivity (Wildman–Crippen MR) is 98.5 cm³/mol. The minimum Gasteiger partial charge on any atom is -0.349 e. The van der Waals surface area contributed by atoms with Crippen LogP contribution in [0.4, 0.5) is 24.5 Å². The molecule has 28 heavy (non-hydrogen) atoms. The van der Waals surface area contributed by atoms with Crippen molar-refractivity contribution in [3.05, 3.63) is 65.4 Å². The van der Waals surface area contributed by atoms with Crippen molar-refractivity contribution in [1.82, 2.24) is 15.5 Å². The number of carbonyl (C=O) groups is 1. The first-order valence-electron chi connectivity index (χ1n) is 8.40. The first-order chi connectivity index (χ1) is 13.6. The van der Waals surface area contributed by atoms with E-state index in [-0.39, 0.29) is 17.9 Å². The Bertz CT molecular complexity index is 1070. The van der Waals surface area contributed by atoms with Gasteiger partial charge in [0, 0.05) is 17.7 Å². The number of aromatic nitrogens is 2. The van der Waals surface area contributed by atoms with Gasteiger partial charge in [-0.05, 0) is 30.3 Å². The van der Waals surface area contributed by atoms with Gasteiger partial charge >= 0.3 is 0 Å². The lowest BCUT2D eigenvalue weighted by atomic mass is 10.0. The third-order valence-electron chi connectivity index (χ3n) is 4.23. The molecule has 1 aliphatic rings. The normalized spacial score (nSPS) is 12.3. The van der Waals surface area contributed by atoms with E-state index in [2.05, 4.69) is 25.8 Å². The molecule has 0 bridgehead atoms. The Hall–Kier alpha value is -3.62. The monoisotopic (exact) mass is 385 g/mol. The number of benzene rings is 2. The molecular weight excluding hydrogens is 371 g/mol. The smallest absolute Gasteiger partial charge is 0.251 e. The number of H-pyrrole nitrogens is 1. The minimum atomic E-state index is -0.762. The number of alkyl halides is 1. The molecule has 3 N–H and O–H groups in total. The van der Waals surface area contributed by atoms with E-state index < -0.39 is 24.2 Å². The second-order valence-corrected chi connectivity index (χ2v) is 6.02. The lowest BCUT2D eigenvalue weighted by Gasteiger charge is -2.09. The number of nitrogens with one attached hydrogen (secondary N) is 3. The third kappa shape index (κ3) is 3.11. The van der Waals surface area contributed by atoms with Gasteiger partial charge in [0.15, 0.2) is 0 Å². The van der Waals surface area contributed by atoms with E-state index in [4.69, 9.17) is 0 Å². The summed E-state index contributed by atoms with van der Waals surface area (Å²) in [6.45, 7) is -0.769. The number of nitrogens with zero attached hydrogens (tertiary/aromatic N) is 2. The zero-order valence-electron chi connectivity index (χ0n) is 14.4. The second kappa shape index (κ2) is 7.18. The molecule has 1 amide bonds. The fourth-order valence-corrected chi connectivity index (χ4v) is 2.94. The van der Waals surface area contributed by atoms with Gasteiger partial charge < -0.3 is 10.6 Å². The van der Waals surface area contributed by atoms with Crippen LogP contribution in [0.15, 0.2) is 47.6 Å². The van der Waals surface area contributed by atoms with E-state index in [0.29, 0.717) is 28.2 Å². The number of rotatable bonds is 4. The first-order valence-corrected chi connectivity index (χ1v) is 8.40. The van der Waals surface area contributed by atoms with Crippen LogP contribution in [0.2, 0.25) is 0 Å². The molecule has 0 unspecified atom stereocenters. The van der Waals surface area contributed by atoms with Gasteiger partial charge in [-0.15, -0.1) is 0 Å². The highest BCUT2D eigenvalue weighted by atomic mass is 19.1. The highest BCUT2D eigenvalue weighted by Crippen LogP contribution is 2.37. The van der Waals surface area contributed by atoms with Gasteiger partial charge in [0.25, 0.3) is 5.91 Å². The molecule has 0 fully saturated rings. The van der Waals surface area contributed by atoms with Crippen molar-refractivity contribution in [2.24, 2.45) is 4.99 Å². The number of hydrogen-bond donors (Lipinski definition) is 3. The summed E-state index contributed by atoms with van der Waals surface area (Å²) >= 11 is 0. The number of aromatic amines is 1. The van der Waals surface area contributed by atoms with Crippen LogP contribution in [-0.2, 0) is 0 Å². The van der Waals surface area contributed by atoms with Crippen molar-refractivity contribution < 1.29 is 18.0 Å². The van der Waals surface area contributed by atoms with Crippen LogP contribution < -0.4 is 10.6 Å². The number of hydrogen-bond acceptors (Lipinski definition) is 4. The number of amides is 1. The summed E-state index contributed by atoms with van der Waals surface area (Å²) in [5.74, 6) is -1.99. The summed E-state index contributed by atoms with van der Waals surface area (Å²) in [6.07, 6.45) is 1.45. The Labute approximate surface area is 157 Å². The van der Waals surface area contributed by atoms with Gasteiger partial charge in [-0.2, -0.15) is 5.10 Å². The molecule has 0 saturated heterocycles. The summed E-state index contributed by atoms with van der Waals surface area (Å²) in [5.41, 5.74) is 1.85. The van der Waals surface area contributed by atoms with Crippen molar-refractivity contribution in [2.45, 2.75) is 0 Å². The molecule has 0 saturated carbocycles. The number of carbonyl (C=O) groups excluding carboxylic acids is 1. The van der Waals surface area contributed by atoms with Crippen molar-refractivity contribution >= 4 is 23.1 Å². The molecule has 1 aliphatic heterocycles. The highest BCUT2D eigenvalue weighted by Gasteiger charge is 2.23. The standard InChI is InChI=1S/C19H14F3N5O/c20-6-7-23-19(28)10-4-5-14-11(8-10)17-15(9-24-27-17)26-18(25-14)16-12(21)2-1-3-13(16)22/h1-5,8-9H,6-7H2,(H,23,28)(H,24,27)(H,25,26). The molecule has 3 aromatic rings. The minimum absolute atomic E-state index is 0.0216. The second-order valence-electron chi connectivity index (χ2n) is 6.02. The van der Waals surface area contributed by atoms with Gasteiger partial charge in [-0.3, -0.25) is 9.89 Å². The van der Waals surface area contributed by atoms with E-state index in [9.17, 15) is 18.0 Å². The molecule has 0 aliphatic carbocycles. The Morgan fingerprint density at radius 1 is 1.14 bits per heavy atom. The van der Waals surface area contributed by atoms with Crippen LogP contribution in [0.5, 0.6) is 0 Å². The average molecular weight is 385 g/mol. The van der Waals surface area contributed by atoms with Gasteiger partial charge in [0.1, 0.15) is 24.1 Å². The largest absolute Gasteiger partial charge is 0.349 e. The lowest BCUT2D eigenvalue weighted by Crippen LogP contribution is -2.25. The van der Waals surface area contributed by atoms with E-state index >= 15 is 0 Å². The van der Waals surface area contributed by atoms with Crippen molar-refractivity contribution in [3.63, 3.8) is 0 Å². The number of halogens is 3. The molecule has 2 aromatic carbocycles. The summed E-state index contributed by atoms with van der Waals surface area (Å²) in [5, 5.41) is 12.1. The summed E-state index contributed by atoms with van der Waals surface area (Å²) in [7, 11) is 0. The highest BCUT2D eigenvalue weighted by molar-refractivity contribution is 6.13. The summed E-state index contributed by atoms with van der Waals surface area (Å²) in [6, 6.07) is 8.17. The Balaban J connectivity index is 1.85. The maximum absolute atomic E-state index is 14.3. The van der Waals surface area contributed by atoms with Gasteiger partial charge in [0.05, 0.1) is 28.8 Å². The van der Waals surface area contributed by atoms with Crippen LogP contribution in [0, 0.1) is 11.6 Å². The van der Waals surface area contributed by atoms with Crippen molar-refractivity contribution in [1.29, 1.82) is 0 Å². The average Bonchev–Trinajstić information content (AvgIpc) is 3.08. The molecule has 1 aromatic heterocycles. The zero-order valence-corrected chi connectivity index (χ0v) is 14.4. The SMILES string of the molecule is O=C(NCCF)c1ccc2c(c1)-c1[nH]ncc1NC(c1c(F)cccc1F)=N2. The zero-order chi connectivity index (χ0) is 19.7. The third-order valence-corrected chi connectivity index (χ3v) is 4.23. The summed E-state index contributed by atoms with van der Waals surface area (Å²) in [4.78, 5) is 16.5. The quantitative estimate of drug-likeness (QED) is 0.642. The van der Waals surface area contributed by atoms with Crippen LogP contribution >= 0.6 is 0 Å². The van der Waals surface area contributed by atoms with Crippen molar-refractivity contribution in [2.75, 3.05) is 18.5 Å². The number of aliphatic imine (C=N–C) groups is 1.